The molecule has 1 aromatic carbocycles. The lowest BCUT2D eigenvalue weighted by atomic mass is 9.95. The molecule has 3 rings (SSSR count). The molecule has 2 heterocycles. The quantitative estimate of drug-likeness (QED) is 0.266. The highest BCUT2D eigenvalue weighted by Crippen LogP contribution is 2.33. The fourth-order valence-electron chi connectivity index (χ4n) is 5.14. The summed E-state index contributed by atoms with van der Waals surface area (Å²) in [6, 6.07) is 8.80. The minimum absolute atomic E-state index is 0.0325. The van der Waals surface area contributed by atoms with Crippen molar-refractivity contribution in [2.24, 2.45) is 0 Å². The van der Waals surface area contributed by atoms with Crippen molar-refractivity contribution in [2.45, 2.75) is 141 Å². The first-order valence-electron chi connectivity index (χ1n) is 14.6. The summed E-state index contributed by atoms with van der Waals surface area (Å²) < 4.78 is 23.8. The maximum absolute atomic E-state index is 12.9. The number of carbonyl (C=O) groups is 1. The van der Waals surface area contributed by atoms with Crippen molar-refractivity contribution in [3.8, 4) is 0 Å². The highest BCUT2D eigenvalue weighted by molar-refractivity contribution is 5.76. The third kappa shape index (κ3) is 10.2. The topological polar surface area (TPSA) is 106 Å². The molecule has 8 nitrogen and oxygen atoms in total. The molecule has 1 amide bonds. The molecule has 38 heavy (non-hydrogen) atoms. The van der Waals surface area contributed by atoms with E-state index in [1.165, 1.54) is 44.9 Å². The van der Waals surface area contributed by atoms with Crippen LogP contribution in [-0.4, -0.2) is 65.3 Å². The van der Waals surface area contributed by atoms with Gasteiger partial charge in [0.25, 0.3) is 0 Å². The normalized spacial score (nSPS) is 27.4. The Morgan fingerprint density at radius 2 is 1.74 bits per heavy atom. The lowest BCUT2D eigenvalue weighted by molar-refractivity contribution is -0.369. The van der Waals surface area contributed by atoms with Gasteiger partial charge in [-0.1, -0.05) is 95.0 Å². The Hall–Kier alpha value is -1.55. The Kier molecular flexibility index (Phi) is 13.0. The van der Waals surface area contributed by atoms with Crippen molar-refractivity contribution in [3.63, 3.8) is 0 Å². The molecular weight excluding hydrogens is 486 g/mol. The molecule has 0 saturated carbocycles. The van der Waals surface area contributed by atoms with Crippen LogP contribution >= 0.6 is 0 Å². The standard InChI is InChI=1S/C30H49NO7/c1-4-5-6-7-8-9-10-11-15-18-23(32)19-25(33)31-26-27(34)28-24(21-36-30(2,3)38-28)37-29(26)35-20-22-16-13-12-14-17-22/h12-14,16-17,23-24,26-29,32,34H,4-11,15,18-21H2,1-3H3,(H,31,33)/t23-,24+,26+,27+,28+,29+/m0/s1. The van der Waals surface area contributed by atoms with Gasteiger partial charge in [0, 0.05) is 0 Å². The molecule has 1 aromatic rings. The summed E-state index contributed by atoms with van der Waals surface area (Å²) in [5, 5.41) is 24.5. The number of ether oxygens (including phenoxy) is 4. The van der Waals surface area contributed by atoms with Crippen molar-refractivity contribution in [1.29, 1.82) is 0 Å². The Labute approximate surface area is 228 Å². The first-order valence-corrected chi connectivity index (χ1v) is 14.6. The third-order valence-corrected chi connectivity index (χ3v) is 7.33. The van der Waals surface area contributed by atoms with Gasteiger partial charge in [-0.25, -0.2) is 0 Å². The highest BCUT2D eigenvalue weighted by atomic mass is 16.8. The molecule has 8 heteroatoms. The fourth-order valence-corrected chi connectivity index (χ4v) is 5.14. The first-order chi connectivity index (χ1) is 18.3. The van der Waals surface area contributed by atoms with Crippen LogP contribution in [0.3, 0.4) is 0 Å². The molecule has 0 bridgehead atoms. The second-order valence-electron chi connectivity index (χ2n) is 11.2. The van der Waals surface area contributed by atoms with Gasteiger partial charge in [0.1, 0.15) is 24.4 Å². The molecular formula is C30H49NO7. The van der Waals surface area contributed by atoms with Crippen LogP contribution in [-0.2, 0) is 30.3 Å². The van der Waals surface area contributed by atoms with Crippen molar-refractivity contribution in [1.82, 2.24) is 5.32 Å². The SMILES string of the molecule is CCCCCCCCCCC[C@H](O)CC(=O)N[C@H]1[C@H](OCc2ccccc2)O[C@@H]2COC(C)(C)O[C@H]2[C@@H]1O. The number of unbranched alkanes of at least 4 members (excludes halogenated alkanes) is 8. The zero-order valence-corrected chi connectivity index (χ0v) is 23.5. The van der Waals surface area contributed by atoms with Crippen molar-refractivity contribution in [3.05, 3.63) is 35.9 Å². The molecule has 2 aliphatic rings. The summed E-state index contributed by atoms with van der Waals surface area (Å²) in [5.41, 5.74) is 0.950. The predicted octanol–water partition coefficient (Wildman–Crippen LogP) is 4.60. The summed E-state index contributed by atoms with van der Waals surface area (Å²) in [6.07, 6.45) is 7.53. The van der Waals surface area contributed by atoms with Gasteiger partial charge in [-0.2, -0.15) is 0 Å². The van der Waals surface area contributed by atoms with E-state index in [0.717, 1.165) is 18.4 Å². The van der Waals surface area contributed by atoms with Gasteiger partial charge in [0.05, 0.1) is 25.7 Å². The van der Waals surface area contributed by atoms with Crippen LogP contribution in [0.5, 0.6) is 0 Å². The Morgan fingerprint density at radius 1 is 1.08 bits per heavy atom. The Morgan fingerprint density at radius 3 is 2.42 bits per heavy atom. The van der Waals surface area contributed by atoms with E-state index in [-0.39, 0.29) is 25.5 Å². The van der Waals surface area contributed by atoms with E-state index >= 15 is 0 Å². The monoisotopic (exact) mass is 535 g/mol. The van der Waals surface area contributed by atoms with E-state index in [0.29, 0.717) is 6.42 Å². The van der Waals surface area contributed by atoms with Crippen LogP contribution in [0.4, 0.5) is 0 Å². The van der Waals surface area contributed by atoms with E-state index in [1.807, 2.05) is 30.3 Å². The second-order valence-corrected chi connectivity index (χ2v) is 11.2. The zero-order valence-electron chi connectivity index (χ0n) is 23.5. The average molecular weight is 536 g/mol. The van der Waals surface area contributed by atoms with Gasteiger partial charge < -0.3 is 34.5 Å². The molecule has 0 aromatic heterocycles. The number of aliphatic hydroxyl groups is 2. The lowest BCUT2D eigenvalue weighted by Crippen LogP contribution is -2.68. The molecule has 6 atom stereocenters. The third-order valence-electron chi connectivity index (χ3n) is 7.33. The predicted molar refractivity (Wildman–Crippen MR) is 145 cm³/mol. The molecule has 2 saturated heterocycles. The number of benzene rings is 1. The number of carbonyl (C=O) groups excluding carboxylic acids is 1. The molecule has 0 spiro atoms. The first kappa shape index (κ1) is 31.0. The molecule has 3 N–H and O–H groups in total. The van der Waals surface area contributed by atoms with E-state index < -0.39 is 42.5 Å². The minimum Gasteiger partial charge on any atom is -0.393 e. The summed E-state index contributed by atoms with van der Waals surface area (Å²) in [4.78, 5) is 12.9. The van der Waals surface area contributed by atoms with E-state index in [4.69, 9.17) is 18.9 Å². The van der Waals surface area contributed by atoms with Crippen molar-refractivity contribution < 1.29 is 34.0 Å². The van der Waals surface area contributed by atoms with Crippen LogP contribution < -0.4 is 5.32 Å². The average Bonchev–Trinajstić information content (AvgIpc) is 2.89. The van der Waals surface area contributed by atoms with Crippen LogP contribution in [0.25, 0.3) is 0 Å². The maximum atomic E-state index is 12.9. The summed E-state index contributed by atoms with van der Waals surface area (Å²) in [5.74, 6) is -1.22. The molecule has 0 radical (unpaired) electrons. The highest BCUT2D eigenvalue weighted by Gasteiger charge is 2.51. The molecule has 0 unspecified atom stereocenters. The van der Waals surface area contributed by atoms with Gasteiger partial charge >= 0.3 is 0 Å². The number of hydrogen-bond acceptors (Lipinski definition) is 7. The zero-order chi connectivity index (χ0) is 27.4. The second kappa shape index (κ2) is 15.9. The van der Waals surface area contributed by atoms with Gasteiger partial charge in [-0.3, -0.25) is 4.79 Å². The summed E-state index contributed by atoms with van der Waals surface area (Å²) >= 11 is 0. The van der Waals surface area contributed by atoms with Gasteiger partial charge in [0.2, 0.25) is 5.91 Å². The number of hydrogen-bond donors (Lipinski definition) is 3. The van der Waals surface area contributed by atoms with E-state index in [1.54, 1.807) is 13.8 Å². The van der Waals surface area contributed by atoms with Gasteiger partial charge in [-0.05, 0) is 25.8 Å². The van der Waals surface area contributed by atoms with Crippen molar-refractivity contribution in [2.75, 3.05) is 6.61 Å². The number of nitrogens with one attached hydrogen (secondary N) is 1. The van der Waals surface area contributed by atoms with E-state index in [9.17, 15) is 15.0 Å². The minimum atomic E-state index is -1.06. The van der Waals surface area contributed by atoms with Crippen molar-refractivity contribution >= 4 is 5.91 Å². The number of rotatable bonds is 16. The largest absolute Gasteiger partial charge is 0.393 e. The molecule has 2 fully saturated rings. The van der Waals surface area contributed by atoms with E-state index in [2.05, 4.69) is 12.2 Å². The molecule has 0 aliphatic carbocycles. The lowest BCUT2D eigenvalue weighted by Gasteiger charge is -2.49. The maximum Gasteiger partial charge on any atom is 0.223 e. The summed E-state index contributed by atoms with van der Waals surface area (Å²) in [6.45, 7) is 6.30. The van der Waals surface area contributed by atoms with Gasteiger partial charge in [0.15, 0.2) is 12.1 Å². The van der Waals surface area contributed by atoms with Crippen LogP contribution in [0, 0.1) is 0 Å². The number of amides is 1. The molecule has 2 aliphatic heterocycles. The van der Waals surface area contributed by atoms with Gasteiger partial charge in [-0.15, -0.1) is 0 Å². The number of fused-ring (bicyclic) bond motifs is 1. The Balaban J connectivity index is 1.47. The fraction of sp³-hybridized carbons (Fsp3) is 0.767. The summed E-state index contributed by atoms with van der Waals surface area (Å²) in [7, 11) is 0. The van der Waals surface area contributed by atoms with Crippen LogP contribution in [0.1, 0.15) is 97.0 Å². The van der Waals surface area contributed by atoms with Crippen LogP contribution in [0.2, 0.25) is 0 Å². The Bertz CT molecular complexity index is 805. The van der Waals surface area contributed by atoms with Crippen LogP contribution in [0.15, 0.2) is 30.3 Å². The molecule has 216 valence electrons. The smallest absolute Gasteiger partial charge is 0.223 e. The number of aliphatic hydroxyl groups excluding tert-OH is 2.